The molecule has 0 radical (unpaired) electrons. The van der Waals surface area contributed by atoms with Crippen molar-refractivity contribution in [3.8, 4) is 6.07 Å². The van der Waals surface area contributed by atoms with E-state index in [-0.39, 0.29) is 6.04 Å². The Hall–Kier alpha value is -0.550. The smallest absolute Gasteiger partial charge is 0.0977 e. The highest BCUT2D eigenvalue weighted by Gasteiger charge is 2.27. The number of hydrogen-bond donors (Lipinski definition) is 0. The largest absolute Gasteiger partial charge is 0.285 e. The van der Waals surface area contributed by atoms with Crippen LogP contribution in [0.2, 0.25) is 0 Å². The van der Waals surface area contributed by atoms with E-state index in [4.69, 9.17) is 0 Å². The molecule has 0 saturated heterocycles. The molecule has 0 aromatic rings. The summed E-state index contributed by atoms with van der Waals surface area (Å²) in [7, 11) is 0. The van der Waals surface area contributed by atoms with Gasteiger partial charge in [-0.05, 0) is 25.2 Å². The SMILES string of the molecule is CCC(C#N)N(CC(C)C)C1CCCC1. The summed E-state index contributed by atoms with van der Waals surface area (Å²) in [6, 6.07) is 3.27. The molecular formula is C13H24N2. The van der Waals surface area contributed by atoms with Gasteiger partial charge in [0.2, 0.25) is 0 Å². The Morgan fingerprint density at radius 2 is 1.93 bits per heavy atom. The van der Waals surface area contributed by atoms with Gasteiger partial charge < -0.3 is 0 Å². The third-order valence-electron chi connectivity index (χ3n) is 3.31. The van der Waals surface area contributed by atoms with Gasteiger partial charge in [-0.3, -0.25) is 4.90 Å². The topological polar surface area (TPSA) is 27.0 Å². The van der Waals surface area contributed by atoms with Gasteiger partial charge in [-0.15, -0.1) is 0 Å². The minimum Gasteiger partial charge on any atom is -0.285 e. The summed E-state index contributed by atoms with van der Waals surface area (Å²) in [4.78, 5) is 2.46. The molecule has 0 heterocycles. The summed E-state index contributed by atoms with van der Waals surface area (Å²) in [5.74, 6) is 0.660. The quantitative estimate of drug-likeness (QED) is 0.694. The number of hydrogen-bond acceptors (Lipinski definition) is 2. The Morgan fingerprint density at radius 1 is 1.33 bits per heavy atom. The van der Waals surface area contributed by atoms with E-state index in [2.05, 4.69) is 31.7 Å². The molecular weight excluding hydrogens is 184 g/mol. The molecule has 1 atom stereocenters. The summed E-state index contributed by atoms with van der Waals surface area (Å²) in [6.07, 6.45) is 6.25. The molecule has 15 heavy (non-hydrogen) atoms. The highest BCUT2D eigenvalue weighted by Crippen LogP contribution is 2.26. The van der Waals surface area contributed by atoms with Crippen molar-refractivity contribution in [2.45, 2.75) is 65.0 Å². The first-order chi connectivity index (χ1) is 7.19. The molecule has 1 unspecified atom stereocenters. The predicted molar refractivity (Wildman–Crippen MR) is 63.5 cm³/mol. The maximum Gasteiger partial charge on any atom is 0.0977 e. The first kappa shape index (κ1) is 12.5. The lowest BCUT2D eigenvalue weighted by Crippen LogP contribution is -2.43. The van der Waals surface area contributed by atoms with Gasteiger partial charge in [0, 0.05) is 12.6 Å². The molecule has 0 aromatic carbocycles. The van der Waals surface area contributed by atoms with E-state index in [0.717, 1.165) is 13.0 Å². The summed E-state index contributed by atoms with van der Waals surface area (Å²) < 4.78 is 0. The zero-order valence-electron chi connectivity index (χ0n) is 10.4. The molecule has 1 rings (SSSR count). The third kappa shape index (κ3) is 3.50. The number of rotatable bonds is 5. The first-order valence-electron chi connectivity index (χ1n) is 6.34. The molecule has 86 valence electrons. The Kier molecular flexibility index (Phi) is 5.11. The molecule has 1 aliphatic rings. The molecule has 0 N–H and O–H groups in total. The lowest BCUT2D eigenvalue weighted by atomic mass is 10.1. The van der Waals surface area contributed by atoms with Gasteiger partial charge in [-0.2, -0.15) is 5.26 Å². The van der Waals surface area contributed by atoms with Crippen molar-refractivity contribution in [3.63, 3.8) is 0 Å². The van der Waals surface area contributed by atoms with Crippen molar-refractivity contribution in [1.82, 2.24) is 4.90 Å². The average molecular weight is 208 g/mol. The lowest BCUT2D eigenvalue weighted by molar-refractivity contribution is 0.143. The van der Waals surface area contributed by atoms with Gasteiger partial charge in [0.1, 0.15) is 0 Å². The van der Waals surface area contributed by atoms with E-state index >= 15 is 0 Å². The Morgan fingerprint density at radius 3 is 2.33 bits per heavy atom. The van der Waals surface area contributed by atoms with Crippen LogP contribution in [0.4, 0.5) is 0 Å². The average Bonchev–Trinajstić information content (AvgIpc) is 2.70. The molecule has 1 aliphatic carbocycles. The summed E-state index contributed by atoms with van der Waals surface area (Å²) in [5.41, 5.74) is 0. The van der Waals surface area contributed by atoms with Crippen molar-refractivity contribution in [2.24, 2.45) is 5.92 Å². The maximum absolute atomic E-state index is 9.18. The van der Waals surface area contributed by atoms with Crippen LogP contribution < -0.4 is 0 Å². The minimum atomic E-state index is 0.135. The van der Waals surface area contributed by atoms with Gasteiger partial charge in [-0.1, -0.05) is 33.6 Å². The number of nitrogens with zero attached hydrogens (tertiary/aromatic N) is 2. The van der Waals surface area contributed by atoms with E-state index < -0.39 is 0 Å². The standard InChI is InChI=1S/C13H24N2/c1-4-12(9-14)15(10-11(2)3)13-7-5-6-8-13/h11-13H,4-8,10H2,1-3H3. The molecule has 0 aliphatic heterocycles. The lowest BCUT2D eigenvalue weighted by Gasteiger charge is -2.33. The predicted octanol–water partition coefficient (Wildman–Crippen LogP) is 3.19. The van der Waals surface area contributed by atoms with Crippen molar-refractivity contribution in [2.75, 3.05) is 6.54 Å². The van der Waals surface area contributed by atoms with Gasteiger partial charge in [0.05, 0.1) is 12.1 Å². The second-order valence-corrected chi connectivity index (χ2v) is 5.08. The van der Waals surface area contributed by atoms with Gasteiger partial charge >= 0.3 is 0 Å². The highest BCUT2D eigenvalue weighted by molar-refractivity contribution is 4.95. The fraction of sp³-hybridized carbons (Fsp3) is 0.923. The van der Waals surface area contributed by atoms with Crippen molar-refractivity contribution in [1.29, 1.82) is 5.26 Å². The van der Waals surface area contributed by atoms with E-state index in [1.807, 2.05) is 0 Å². The van der Waals surface area contributed by atoms with Crippen LogP contribution in [-0.2, 0) is 0 Å². The monoisotopic (exact) mass is 208 g/mol. The Balaban J connectivity index is 2.63. The van der Waals surface area contributed by atoms with E-state index in [0.29, 0.717) is 12.0 Å². The van der Waals surface area contributed by atoms with Gasteiger partial charge in [0.15, 0.2) is 0 Å². The van der Waals surface area contributed by atoms with Crippen LogP contribution in [0.3, 0.4) is 0 Å². The second-order valence-electron chi connectivity index (χ2n) is 5.08. The van der Waals surface area contributed by atoms with Gasteiger partial charge in [0.25, 0.3) is 0 Å². The summed E-state index contributed by atoms with van der Waals surface area (Å²) >= 11 is 0. The van der Waals surface area contributed by atoms with Gasteiger partial charge in [-0.25, -0.2) is 0 Å². The maximum atomic E-state index is 9.18. The molecule has 0 aromatic heterocycles. The van der Waals surface area contributed by atoms with Crippen LogP contribution in [0.15, 0.2) is 0 Å². The van der Waals surface area contributed by atoms with E-state index in [1.54, 1.807) is 0 Å². The zero-order valence-corrected chi connectivity index (χ0v) is 10.4. The van der Waals surface area contributed by atoms with Crippen molar-refractivity contribution >= 4 is 0 Å². The fourth-order valence-electron chi connectivity index (χ4n) is 2.59. The van der Waals surface area contributed by atoms with Crippen LogP contribution in [0.25, 0.3) is 0 Å². The van der Waals surface area contributed by atoms with Crippen LogP contribution in [0.1, 0.15) is 52.9 Å². The highest BCUT2D eigenvalue weighted by atomic mass is 15.2. The van der Waals surface area contributed by atoms with E-state index in [1.165, 1.54) is 25.7 Å². The normalized spacial score (nSPS) is 19.7. The van der Waals surface area contributed by atoms with Crippen molar-refractivity contribution in [3.05, 3.63) is 0 Å². The minimum absolute atomic E-state index is 0.135. The fourth-order valence-corrected chi connectivity index (χ4v) is 2.59. The molecule has 0 bridgehead atoms. The van der Waals surface area contributed by atoms with Crippen LogP contribution >= 0.6 is 0 Å². The van der Waals surface area contributed by atoms with Crippen molar-refractivity contribution < 1.29 is 0 Å². The molecule has 2 nitrogen and oxygen atoms in total. The molecule has 2 heteroatoms. The van der Waals surface area contributed by atoms with Crippen LogP contribution in [0, 0.1) is 17.2 Å². The summed E-state index contributed by atoms with van der Waals surface area (Å²) in [5, 5.41) is 9.18. The Bertz CT molecular complexity index is 211. The second kappa shape index (κ2) is 6.12. The zero-order chi connectivity index (χ0) is 11.3. The molecule has 1 saturated carbocycles. The van der Waals surface area contributed by atoms with Crippen LogP contribution in [-0.4, -0.2) is 23.5 Å². The Labute approximate surface area is 94.3 Å². The molecule has 0 amide bonds. The van der Waals surface area contributed by atoms with Crippen LogP contribution in [0.5, 0.6) is 0 Å². The molecule has 1 fully saturated rings. The number of nitriles is 1. The third-order valence-corrected chi connectivity index (χ3v) is 3.31. The molecule has 0 spiro atoms. The summed E-state index contributed by atoms with van der Waals surface area (Å²) in [6.45, 7) is 7.69. The first-order valence-corrected chi connectivity index (χ1v) is 6.34. The van der Waals surface area contributed by atoms with E-state index in [9.17, 15) is 5.26 Å².